The van der Waals surface area contributed by atoms with E-state index in [1.165, 1.54) is 19.1 Å². The highest BCUT2D eigenvalue weighted by atomic mass is 28.4. The third-order valence-electron chi connectivity index (χ3n) is 12.8. The first kappa shape index (κ1) is 45.1. The first-order chi connectivity index (χ1) is 27.9. The van der Waals surface area contributed by atoms with Crippen molar-refractivity contribution in [3.8, 4) is 11.5 Å². The molecule has 0 radical (unpaired) electrons. The molecule has 59 heavy (non-hydrogen) atoms. The van der Waals surface area contributed by atoms with Gasteiger partial charge in [0.2, 0.25) is 5.91 Å². The average Bonchev–Trinajstić information content (AvgIpc) is 3.50. The third kappa shape index (κ3) is 8.04. The lowest BCUT2D eigenvalue weighted by Gasteiger charge is -2.51. The summed E-state index contributed by atoms with van der Waals surface area (Å²) in [6.07, 6.45) is 1.20. The average molecular weight is 829 g/mol. The summed E-state index contributed by atoms with van der Waals surface area (Å²) in [4.78, 5) is 56.4. The minimum absolute atomic E-state index is 0.0114. The molecule has 3 aliphatic heterocycles. The summed E-state index contributed by atoms with van der Waals surface area (Å²) in [6.45, 7) is 16.7. The molecule has 318 valence electrons. The first-order valence-electron chi connectivity index (χ1n) is 20.0. The van der Waals surface area contributed by atoms with Crippen LogP contribution in [-0.4, -0.2) is 93.6 Å². The second-order valence-corrected chi connectivity index (χ2v) is 20.9. The second-order valence-electron chi connectivity index (χ2n) is 16.7. The van der Waals surface area contributed by atoms with Crippen molar-refractivity contribution in [1.82, 2.24) is 9.80 Å². The molecule has 0 aromatic heterocycles. The number of nitrogens with zero attached hydrogens (tertiary/aromatic N) is 2. The number of methoxy groups -OCH3 is 4. The Morgan fingerprint density at radius 1 is 0.763 bits per heavy atom. The van der Waals surface area contributed by atoms with E-state index in [-0.39, 0.29) is 30.9 Å². The molecule has 0 spiro atoms. The minimum Gasteiger partial charge on any atom is -0.497 e. The normalized spacial score (nSPS) is 25.5. The zero-order valence-electron chi connectivity index (χ0n) is 36.2. The summed E-state index contributed by atoms with van der Waals surface area (Å²) in [5.74, 6) is -0.0795. The Bertz CT molecular complexity index is 2000. The van der Waals surface area contributed by atoms with E-state index in [9.17, 15) is 19.2 Å². The Hall–Kier alpha value is -4.98. The summed E-state index contributed by atoms with van der Waals surface area (Å²) in [5, 5.41) is 0. The van der Waals surface area contributed by atoms with E-state index >= 15 is 0 Å². The van der Waals surface area contributed by atoms with Crippen LogP contribution in [0.5, 0.6) is 11.5 Å². The molecule has 0 aliphatic carbocycles. The summed E-state index contributed by atoms with van der Waals surface area (Å²) in [7, 11) is 3.95. The molecule has 3 saturated heterocycles. The third-order valence-corrected chi connectivity index (χ3v) is 15.2. The fraction of sp³-hybridized carbons (Fsp3) is 0.478. The highest BCUT2D eigenvalue weighted by Gasteiger charge is 2.72. The van der Waals surface area contributed by atoms with Gasteiger partial charge in [0.25, 0.3) is 5.91 Å². The number of benzene rings is 3. The van der Waals surface area contributed by atoms with Crippen LogP contribution in [-0.2, 0) is 57.5 Å². The van der Waals surface area contributed by atoms with Crippen LogP contribution < -0.4 is 9.47 Å². The number of rotatable bonds is 13. The quantitative estimate of drug-likeness (QED) is 0.0999. The smallest absolute Gasteiger partial charge is 0.335 e. The molecular weight excluding hydrogens is 769 g/mol. The molecule has 12 nitrogen and oxygen atoms in total. The molecule has 0 unspecified atom stereocenters. The van der Waals surface area contributed by atoms with Gasteiger partial charge in [0.1, 0.15) is 11.5 Å². The summed E-state index contributed by atoms with van der Waals surface area (Å²) < 4.78 is 33.5. The maximum Gasteiger partial charge on any atom is 0.335 e. The number of fused-ring (bicyclic) bond motifs is 1. The van der Waals surface area contributed by atoms with E-state index in [4.69, 9.17) is 28.1 Å². The van der Waals surface area contributed by atoms with Gasteiger partial charge >= 0.3 is 11.9 Å². The number of hydrogen-bond acceptors (Lipinski definition) is 10. The van der Waals surface area contributed by atoms with Gasteiger partial charge in [-0.05, 0) is 79.9 Å². The van der Waals surface area contributed by atoms with Crippen molar-refractivity contribution < 1.29 is 47.3 Å². The van der Waals surface area contributed by atoms with Crippen molar-refractivity contribution in [2.24, 2.45) is 11.3 Å². The van der Waals surface area contributed by atoms with Crippen LogP contribution in [0.1, 0.15) is 57.2 Å². The summed E-state index contributed by atoms with van der Waals surface area (Å²) in [5.41, 5.74) is -1.11. The van der Waals surface area contributed by atoms with Gasteiger partial charge in [0.05, 0.1) is 53.2 Å². The molecule has 0 saturated carbocycles. The molecule has 3 aliphatic rings. The van der Waals surface area contributed by atoms with E-state index in [0.29, 0.717) is 30.9 Å². The molecule has 0 N–H and O–H groups in total. The molecular formula is C46H60N2O10Si. The van der Waals surface area contributed by atoms with Crippen molar-refractivity contribution in [1.29, 1.82) is 0 Å². The Kier molecular flexibility index (Phi) is 13.5. The van der Waals surface area contributed by atoms with E-state index < -0.39 is 42.3 Å². The van der Waals surface area contributed by atoms with Crippen molar-refractivity contribution in [2.45, 2.75) is 96.1 Å². The van der Waals surface area contributed by atoms with Gasteiger partial charge < -0.3 is 37.9 Å². The van der Waals surface area contributed by atoms with Crippen molar-refractivity contribution in [3.05, 3.63) is 108 Å². The van der Waals surface area contributed by atoms with Crippen LogP contribution in [0.2, 0.25) is 19.1 Å². The molecule has 6 rings (SSSR count). The maximum atomic E-state index is 13.5. The lowest BCUT2D eigenvalue weighted by atomic mass is 9.71. The molecule has 3 heterocycles. The van der Waals surface area contributed by atoms with Crippen LogP contribution in [0.4, 0.5) is 0 Å². The SMILES string of the molecule is C=C1C(=O)N(Cc2ccc(OC)cc2)[C@](COCc2ccccc2)(C(=O)OC)C1(C)C.CC[C@]1(C(=O)OC)N(Cc2ccc(OC)cc2)C(=O)[C@@H]2CC[Si](C)(C)O[C@@]21C. The number of ether oxygens (including phenoxy) is 5. The lowest BCUT2D eigenvalue weighted by Crippen LogP contribution is -2.67. The molecule has 13 heteroatoms. The zero-order valence-corrected chi connectivity index (χ0v) is 37.2. The van der Waals surface area contributed by atoms with Gasteiger partial charge in [-0.15, -0.1) is 0 Å². The van der Waals surface area contributed by atoms with Crippen LogP contribution in [0, 0.1) is 11.3 Å². The van der Waals surface area contributed by atoms with Crippen LogP contribution >= 0.6 is 0 Å². The molecule has 0 bridgehead atoms. The van der Waals surface area contributed by atoms with Crippen molar-refractivity contribution in [2.75, 3.05) is 35.0 Å². The highest BCUT2D eigenvalue weighted by Crippen LogP contribution is 2.55. The lowest BCUT2D eigenvalue weighted by molar-refractivity contribution is -0.170. The van der Waals surface area contributed by atoms with Gasteiger partial charge in [0.15, 0.2) is 19.4 Å². The second kappa shape index (κ2) is 17.7. The number of carbonyl (C=O) groups is 4. The summed E-state index contributed by atoms with van der Waals surface area (Å²) >= 11 is 0. The Balaban J connectivity index is 0.000000225. The highest BCUT2D eigenvalue weighted by molar-refractivity contribution is 6.71. The zero-order chi connectivity index (χ0) is 43.4. The fourth-order valence-corrected chi connectivity index (χ4v) is 11.7. The van der Waals surface area contributed by atoms with Gasteiger partial charge in [-0.3, -0.25) is 9.59 Å². The Morgan fingerprint density at radius 3 is 1.76 bits per heavy atom. The van der Waals surface area contributed by atoms with Gasteiger partial charge in [-0.1, -0.05) is 81.9 Å². The molecule has 3 aromatic rings. The van der Waals surface area contributed by atoms with Gasteiger partial charge in [-0.25, -0.2) is 9.59 Å². The predicted octanol–water partition coefficient (Wildman–Crippen LogP) is 7.11. The van der Waals surface area contributed by atoms with Gasteiger partial charge in [0, 0.05) is 24.1 Å². The Morgan fingerprint density at radius 2 is 1.27 bits per heavy atom. The van der Waals surface area contributed by atoms with Crippen LogP contribution in [0.15, 0.2) is 91.0 Å². The van der Waals surface area contributed by atoms with E-state index in [0.717, 1.165) is 34.9 Å². The van der Waals surface area contributed by atoms with Crippen molar-refractivity contribution >= 4 is 32.1 Å². The molecule has 4 atom stereocenters. The standard InChI is InChI=1S/C25H29NO5.C21H31NO5Si/c1-18-22(27)26(15-19-11-13-21(29-4)14-12-19)25(23(28)30-5,24(18,2)3)17-31-16-20-9-7-6-8-10-20;1-7-21(19(24)26-4)20(2)17(12-13-28(5,6)27-20)18(23)22(21)14-15-8-10-16(25-3)11-9-15/h6-14H,1,15-17H2,2-5H3;8-11,17H,7,12-14H2,1-6H3/t25-;17-,20-,21+/m10/s1. The van der Waals surface area contributed by atoms with Gasteiger partial charge in [-0.2, -0.15) is 0 Å². The van der Waals surface area contributed by atoms with Crippen LogP contribution in [0.3, 0.4) is 0 Å². The number of esters is 2. The number of carbonyl (C=O) groups excluding carboxylic acids is 4. The topological polar surface area (TPSA) is 130 Å². The van der Waals surface area contributed by atoms with Crippen molar-refractivity contribution in [3.63, 3.8) is 0 Å². The Labute approximate surface area is 349 Å². The molecule has 3 aromatic carbocycles. The fourth-order valence-electron chi connectivity index (χ4n) is 9.19. The van der Waals surface area contributed by atoms with E-state index in [1.807, 2.05) is 107 Å². The van der Waals surface area contributed by atoms with E-state index in [2.05, 4.69) is 19.7 Å². The number of amides is 2. The number of likely N-dealkylation sites (tertiary alicyclic amines) is 2. The maximum absolute atomic E-state index is 13.5. The largest absolute Gasteiger partial charge is 0.497 e. The minimum atomic E-state index is -1.98. The predicted molar refractivity (Wildman–Crippen MR) is 226 cm³/mol. The van der Waals surface area contributed by atoms with E-state index in [1.54, 1.807) is 19.1 Å². The molecule has 2 amide bonds. The number of hydrogen-bond donors (Lipinski definition) is 0. The first-order valence-corrected chi connectivity index (χ1v) is 23.1. The molecule has 3 fully saturated rings. The van der Waals surface area contributed by atoms with Crippen LogP contribution in [0.25, 0.3) is 0 Å². The summed E-state index contributed by atoms with van der Waals surface area (Å²) in [6, 6.07) is 25.5. The monoisotopic (exact) mass is 828 g/mol.